The standard InChI is InChI=1S/C17H17NO3/c19-12-17(10-11-17)18-16(20)13-6-8-15(9-7-13)21-14-4-2-1-3-5-14/h1-9,19H,10-12H2,(H,18,20). The van der Waals surface area contributed by atoms with Crippen molar-refractivity contribution in [3.8, 4) is 11.5 Å². The number of aliphatic hydroxyl groups excluding tert-OH is 1. The molecular formula is C17H17NO3. The summed E-state index contributed by atoms with van der Waals surface area (Å²) in [7, 11) is 0. The van der Waals surface area contributed by atoms with Crippen LogP contribution in [-0.4, -0.2) is 23.2 Å². The smallest absolute Gasteiger partial charge is 0.251 e. The van der Waals surface area contributed by atoms with Gasteiger partial charge in [0.1, 0.15) is 11.5 Å². The maximum atomic E-state index is 12.1. The van der Waals surface area contributed by atoms with Crippen molar-refractivity contribution in [2.24, 2.45) is 0 Å². The van der Waals surface area contributed by atoms with E-state index in [0.29, 0.717) is 11.3 Å². The zero-order valence-corrected chi connectivity index (χ0v) is 11.6. The molecule has 0 atom stereocenters. The highest BCUT2D eigenvalue weighted by atomic mass is 16.5. The Morgan fingerprint density at radius 1 is 1.05 bits per heavy atom. The Balaban J connectivity index is 1.65. The summed E-state index contributed by atoms with van der Waals surface area (Å²) in [5.41, 5.74) is 0.172. The fourth-order valence-electron chi connectivity index (χ4n) is 2.09. The van der Waals surface area contributed by atoms with E-state index in [1.54, 1.807) is 24.3 Å². The van der Waals surface area contributed by atoms with E-state index in [9.17, 15) is 9.90 Å². The number of hydrogen-bond donors (Lipinski definition) is 2. The molecule has 1 aliphatic rings. The second-order valence-electron chi connectivity index (χ2n) is 5.33. The Labute approximate surface area is 123 Å². The van der Waals surface area contributed by atoms with Crippen molar-refractivity contribution >= 4 is 5.91 Å². The first-order valence-corrected chi connectivity index (χ1v) is 6.97. The third-order valence-electron chi connectivity index (χ3n) is 3.63. The van der Waals surface area contributed by atoms with E-state index in [2.05, 4.69) is 5.32 Å². The minimum absolute atomic E-state index is 0.00601. The SMILES string of the molecule is O=C(NC1(CO)CC1)c1ccc(Oc2ccccc2)cc1. The Hall–Kier alpha value is -2.33. The van der Waals surface area contributed by atoms with Crippen molar-refractivity contribution in [3.63, 3.8) is 0 Å². The molecule has 3 rings (SSSR count). The number of carbonyl (C=O) groups excluding carboxylic acids is 1. The molecule has 108 valence electrons. The molecule has 0 spiro atoms. The van der Waals surface area contributed by atoms with Crippen LogP contribution >= 0.6 is 0 Å². The van der Waals surface area contributed by atoms with Crippen LogP contribution in [0.5, 0.6) is 11.5 Å². The Kier molecular flexibility index (Phi) is 3.62. The van der Waals surface area contributed by atoms with Crippen molar-refractivity contribution < 1.29 is 14.6 Å². The summed E-state index contributed by atoms with van der Waals surface area (Å²) in [5.74, 6) is 1.28. The number of rotatable bonds is 5. The molecule has 0 bridgehead atoms. The van der Waals surface area contributed by atoms with Gasteiger partial charge in [-0.1, -0.05) is 18.2 Å². The van der Waals surface area contributed by atoms with Gasteiger partial charge in [0.25, 0.3) is 5.91 Å². The van der Waals surface area contributed by atoms with Gasteiger partial charge in [0.15, 0.2) is 0 Å². The number of para-hydroxylation sites is 1. The summed E-state index contributed by atoms with van der Waals surface area (Å²) in [5, 5.41) is 12.1. The van der Waals surface area contributed by atoms with Crippen LogP contribution in [0.1, 0.15) is 23.2 Å². The van der Waals surface area contributed by atoms with E-state index < -0.39 is 5.54 Å². The molecule has 0 aromatic heterocycles. The topological polar surface area (TPSA) is 58.6 Å². The van der Waals surface area contributed by atoms with E-state index >= 15 is 0 Å². The van der Waals surface area contributed by atoms with E-state index in [1.807, 2.05) is 30.3 Å². The lowest BCUT2D eigenvalue weighted by atomic mass is 10.2. The molecule has 0 unspecified atom stereocenters. The normalized spacial score (nSPS) is 15.3. The van der Waals surface area contributed by atoms with Gasteiger partial charge in [0.05, 0.1) is 12.1 Å². The Morgan fingerprint density at radius 3 is 2.24 bits per heavy atom. The summed E-state index contributed by atoms with van der Waals surface area (Å²) < 4.78 is 5.68. The number of benzene rings is 2. The van der Waals surface area contributed by atoms with Crippen molar-refractivity contribution in [1.29, 1.82) is 0 Å². The highest BCUT2D eigenvalue weighted by Crippen LogP contribution is 2.34. The predicted octanol–water partition coefficient (Wildman–Crippen LogP) is 2.73. The maximum absolute atomic E-state index is 12.1. The van der Waals surface area contributed by atoms with E-state index in [1.165, 1.54) is 0 Å². The molecule has 1 aliphatic carbocycles. The van der Waals surface area contributed by atoms with Crippen LogP contribution in [0.2, 0.25) is 0 Å². The monoisotopic (exact) mass is 283 g/mol. The molecule has 0 heterocycles. The summed E-state index contributed by atoms with van der Waals surface area (Å²) in [6.45, 7) is -0.00601. The lowest BCUT2D eigenvalue weighted by Gasteiger charge is -2.14. The lowest BCUT2D eigenvalue weighted by molar-refractivity contribution is 0.0907. The van der Waals surface area contributed by atoms with Crippen LogP contribution in [0.3, 0.4) is 0 Å². The predicted molar refractivity (Wildman–Crippen MR) is 79.5 cm³/mol. The molecule has 0 aliphatic heterocycles. The number of nitrogens with one attached hydrogen (secondary N) is 1. The molecule has 1 fully saturated rings. The third kappa shape index (κ3) is 3.23. The third-order valence-corrected chi connectivity index (χ3v) is 3.63. The highest BCUT2D eigenvalue weighted by Gasteiger charge is 2.43. The largest absolute Gasteiger partial charge is 0.457 e. The molecule has 4 heteroatoms. The number of amides is 1. The van der Waals surface area contributed by atoms with Gasteiger partial charge in [0.2, 0.25) is 0 Å². The minimum atomic E-state index is -0.393. The van der Waals surface area contributed by atoms with Crippen molar-refractivity contribution in [3.05, 3.63) is 60.2 Å². The summed E-state index contributed by atoms with van der Waals surface area (Å²) in [6.07, 6.45) is 1.68. The average molecular weight is 283 g/mol. The fraction of sp³-hybridized carbons (Fsp3) is 0.235. The number of aliphatic hydroxyl groups is 1. The first-order chi connectivity index (χ1) is 10.2. The first kappa shape index (κ1) is 13.6. The zero-order chi connectivity index (χ0) is 14.7. The van der Waals surface area contributed by atoms with Crippen molar-refractivity contribution in [2.75, 3.05) is 6.61 Å². The van der Waals surface area contributed by atoms with Gasteiger partial charge in [-0.3, -0.25) is 4.79 Å². The highest BCUT2D eigenvalue weighted by molar-refractivity contribution is 5.95. The van der Waals surface area contributed by atoms with Crippen LogP contribution in [0.15, 0.2) is 54.6 Å². The van der Waals surface area contributed by atoms with Gasteiger partial charge in [-0.25, -0.2) is 0 Å². The Bertz CT molecular complexity index is 618. The van der Waals surface area contributed by atoms with Gasteiger partial charge in [-0.15, -0.1) is 0 Å². The minimum Gasteiger partial charge on any atom is -0.457 e. The number of hydrogen-bond acceptors (Lipinski definition) is 3. The molecule has 21 heavy (non-hydrogen) atoms. The van der Waals surface area contributed by atoms with Crippen molar-refractivity contribution in [2.45, 2.75) is 18.4 Å². The molecule has 2 aromatic rings. The number of ether oxygens (including phenoxy) is 1. The second-order valence-corrected chi connectivity index (χ2v) is 5.33. The number of carbonyl (C=O) groups is 1. The van der Waals surface area contributed by atoms with E-state index in [4.69, 9.17) is 4.74 Å². The Morgan fingerprint density at radius 2 is 1.67 bits per heavy atom. The van der Waals surface area contributed by atoms with Crippen LogP contribution in [-0.2, 0) is 0 Å². The first-order valence-electron chi connectivity index (χ1n) is 6.97. The molecule has 0 saturated heterocycles. The van der Waals surface area contributed by atoms with Gasteiger partial charge in [0, 0.05) is 5.56 Å². The molecule has 1 amide bonds. The lowest BCUT2D eigenvalue weighted by Crippen LogP contribution is -2.39. The molecule has 4 nitrogen and oxygen atoms in total. The second kappa shape index (κ2) is 5.58. The molecule has 2 aromatic carbocycles. The quantitative estimate of drug-likeness (QED) is 0.887. The van der Waals surface area contributed by atoms with Gasteiger partial charge >= 0.3 is 0 Å². The van der Waals surface area contributed by atoms with Gasteiger partial charge < -0.3 is 15.2 Å². The average Bonchev–Trinajstić information content (AvgIpc) is 3.29. The van der Waals surface area contributed by atoms with Crippen molar-refractivity contribution in [1.82, 2.24) is 5.32 Å². The van der Waals surface area contributed by atoms with Gasteiger partial charge in [-0.05, 0) is 49.2 Å². The van der Waals surface area contributed by atoms with Crippen LogP contribution in [0.4, 0.5) is 0 Å². The van der Waals surface area contributed by atoms with E-state index in [-0.39, 0.29) is 12.5 Å². The van der Waals surface area contributed by atoms with Crippen LogP contribution in [0.25, 0.3) is 0 Å². The molecule has 0 radical (unpaired) electrons. The van der Waals surface area contributed by atoms with E-state index in [0.717, 1.165) is 18.6 Å². The fourth-order valence-corrected chi connectivity index (χ4v) is 2.09. The maximum Gasteiger partial charge on any atom is 0.251 e. The molecule has 1 saturated carbocycles. The summed E-state index contributed by atoms with van der Waals surface area (Å²) >= 11 is 0. The van der Waals surface area contributed by atoms with Crippen LogP contribution < -0.4 is 10.1 Å². The zero-order valence-electron chi connectivity index (χ0n) is 11.6. The van der Waals surface area contributed by atoms with Gasteiger partial charge in [-0.2, -0.15) is 0 Å². The summed E-state index contributed by atoms with van der Waals surface area (Å²) in [4.78, 5) is 12.1. The molecular weight excluding hydrogens is 266 g/mol. The van der Waals surface area contributed by atoms with Crippen LogP contribution in [0, 0.1) is 0 Å². The molecule has 2 N–H and O–H groups in total. The summed E-state index contributed by atoms with van der Waals surface area (Å²) in [6, 6.07) is 16.5.